The molecule has 4 rings (SSSR count). The molecule has 9 nitrogen and oxygen atoms in total. The Morgan fingerprint density at radius 3 is 2.29 bits per heavy atom. The molecule has 1 heterocycles. The topological polar surface area (TPSA) is 112 Å². The Bertz CT molecular complexity index is 1300. The van der Waals surface area contributed by atoms with Crippen molar-refractivity contribution in [2.24, 2.45) is 4.99 Å². The summed E-state index contributed by atoms with van der Waals surface area (Å²) < 4.78 is 5.97. The molecule has 1 atom stereocenters. The summed E-state index contributed by atoms with van der Waals surface area (Å²) in [5.41, 5.74) is 0.621. The van der Waals surface area contributed by atoms with Crippen molar-refractivity contribution < 1.29 is 19.1 Å². The lowest BCUT2D eigenvalue weighted by molar-refractivity contribution is -0.150. The van der Waals surface area contributed by atoms with Gasteiger partial charge in [0.2, 0.25) is 5.72 Å². The van der Waals surface area contributed by atoms with Gasteiger partial charge in [-0.25, -0.2) is 4.79 Å². The van der Waals surface area contributed by atoms with Crippen molar-refractivity contribution in [3.05, 3.63) is 95.0 Å². The van der Waals surface area contributed by atoms with E-state index in [1.165, 1.54) is 0 Å². The highest BCUT2D eigenvalue weighted by Crippen LogP contribution is 2.21. The minimum atomic E-state index is -1.98. The van der Waals surface area contributed by atoms with Crippen molar-refractivity contribution in [1.82, 2.24) is 10.2 Å². The first-order chi connectivity index (χ1) is 18.4. The smallest absolute Gasteiger partial charge is 0.321 e. The van der Waals surface area contributed by atoms with Gasteiger partial charge >= 0.3 is 6.03 Å². The Morgan fingerprint density at radius 1 is 1.00 bits per heavy atom. The molecule has 0 saturated heterocycles. The summed E-state index contributed by atoms with van der Waals surface area (Å²) >= 11 is 5.92. The van der Waals surface area contributed by atoms with E-state index < -0.39 is 24.1 Å². The molecule has 196 valence electrons. The maximum Gasteiger partial charge on any atom is 0.321 e. The summed E-state index contributed by atoms with van der Waals surface area (Å²) in [6.07, 6.45) is 0.115. The lowest BCUT2D eigenvalue weighted by atomic mass is 10.1. The molecule has 3 N–H and O–H groups in total. The minimum absolute atomic E-state index is 0.0194. The summed E-state index contributed by atoms with van der Waals surface area (Å²) in [4.78, 5) is 44.8. The molecule has 0 aliphatic carbocycles. The molecule has 0 radical (unpaired) electrons. The Hall–Kier alpha value is -4.21. The van der Waals surface area contributed by atoms with E-state index in [0.29, 0.717) is 22.7 Å². The Balaban J connectivity index is 1.55. The molecule has 0 spiro atoms. The van der Waals surface area contributed by atoms with Crippen LogP contribution in [-0.4, -0.2) is 54.8 Å². The number of hydrogen-bond donors (Lipinski definition) is 3. The van der Waals surface area contributed by atoms with Crippen molar-refractivity contribution in [2.45, 2.75) is 18.8 Å². The fraction of sp³-hybridized carbons (Fsp3) is 0.214. The molecular weight excluding hydrogens is 506 g/mol. The van der Waals surface area contributed by atoms with Gasteiger partial charge in [0.1, 0.15) is 12.1 Å². The molecule has 1 aliphatic heterocycles. The van der Waals surface area contributed by atoms with Crippen LogP contribution < -0.4 is 16.0 Å². The van der Waals surface area contributed by atoms with Crippen LogP contribution in [0.25, 0.3) is 0 Å². The van der Waals surface area contributed by atoms with Crippen molar-refractivity contribution >= 4 is 47.0 Å². The second-order valence-electron chi connectivity index (χ2n) is 8.72. The standard InChI is InChI=1S/C28H28ClN5O4/c1-34-17-16-30-25(34)21-7-11-23(12-8-21)31-26(36)28(15-18-35,38-19-20-5-3-2-4-6-20)33-27(37)32-24-13-9-22(29)10-14-24/h2-14,18H,15-17,19H2,1H3,(H,31,36)(H2,32,33,37). The number of carbonyl (C=O) groups is 3. The Kier molecular flexibility index (Phi) is 8.73. The second kappa shape index (κ2) is 12.4. The van der Waals surface area contributed by atoms with Crippen LogP contribution in [0.5, 0.6) is 0 Å². The summed E-state index contributed by atoms with van der Waals surface area (Å²) in [6.45, 7) is 1.57. The van der Waals surface area contributed by atoms with Crippen LogP contribution in [0.2, 0.25) is 5.02 Å². The van der Waals surface area contributed by atoms with Crippen LogP contribution in [0.3, 0.4) is 0 Å². The van der Waals surface area contributed by atoms with Gasteiger partial charge in [-0.05, 0) is 54.1 Å². The molecule has 0 bridgehead atoms. The van der Waals surface area contributed by atoms with Gasteiger partial charge in [-0.1, -0.05) is 41.9 Å². The first-order valence-electron chi connectivity index (χ1n) is 12.0. The molecule has 0 aromatic heterocycles. The van der Waals surface area contributed by atoms with E-state index in [4.69, 9.17) is 16.3 Å². The zero-order chi connectivity index (χ0) is 27.0. The van der Waals surface area contributed by atoms with Crippen molar-refractivity contribution in [3.8, 4) is 0 Å². The number of ether oxygens (including phenoxy) is 1. The number of nitrogens with one attached hydrogen (secondary N) is 3. The first-order valence-corrected chi connectivity index (χ1v) is 12.4. The molecule has 3 aromatic rings. The number of amides is 3. The van der Waals surface area contributed by atoms with Crippen LogP contribution >= 0.6 is 11.6 Å². The number of urea groups is 1. The van der Waals surface area contributed by atoms with Gasteiger partial charge in [-0.2, -0.15) is 0 Å². The van der Waals surface area contributed by atoms with Gasteiger partial charge < -0.3 is 30.4 Å². The number of benzene rings is 3. The van der Waals surface area contributed by atoms with Gasteiger partial charge in [0.05, 0.1) is 19.6 Å². The van der Waals surface area contributed by atoms with E-state index >= 15 is 0 Å². The second-order valence-corrected chi connectivity index (χ2v) is 9.15. The fourth-order valence-electron chi connectivity index (χ4n) is 3.92. The van der Waals surface area contributed by atoms with E-state index in [1.54, 1.807) is 36.4 Å². The highest BCUT2D eigenvalue weighted by atomic mass is 35.5. The van der Waals surface area contributed by atoms with E-state index in [-0.39, 0.29) is 6.61 Å². The average molecular weight is 534 g/mol. The summed E-state index contributed by atoms with van der Waals surface area (Å²) in [5, 5.41) is 8.49. The Labute approximate surface area is 225 Å². The maximum atomic E-state index is 13.6. The number of anilines is 2. The molecule has 38 heavy (non-hydrogen) atoms. The molecule has 0 fully saturated rings. The van der Waals surface area contributed by atoms with Crippen molar-refractivity contribution in [2.75, 3.05) is 30.8 Å². The van der Waals surface area contributed by atoms with Crippen molar-refractivity contribution in [3.63, 3.8) is 0 Å². The van der Waals surface area contributed by atoms with E-state index in [0.717, 1.165) is 30.1 Å². The third kappa shape index (κ3) is 6.76. The van der Waals surface area contributed by atoms with Gasteiger partial charge in [-0.3, -0.25) is 9.79 Å². The lowest BCUT2D eigenvalue weighted by Gasteiger charge is -2.32. The maximum absolute atomic E-state index is 13.6. The number of aldehydes is 1. The highest BCUT2D eigenvalue weighted by Gasteiger charge is 2.41. The van der Waals surface area contributed by atoms with Crippen LogP contribution in [0, 0.1) is 0 Å². The average Bonchev–Trinajstić information content (AvgIpc) is 3.35. The number of carbonyl (C=O) groups excluding carboxylic acids is 3. The first kappa shape index (κ1) is 26.8. The van der Waals surface area contributed by atoms with E-state index in [2.05, 4.69) is 25.8 Å². The molecular formula is C28H28ClN5O4. The largest absolute Gasteiger partial charge is 0.358 e. The number of likely N-dealkylation sites (N-methyl/N-ethyl adjacent to an activating group) is 1. The third-order valence-corrected chi connectivity index (χ3v) is 6.19. The van der Waals surface area contributed by atoms with Crippen LogP contribution in [0.1, 0.15) is 17.5 Å². The monoisotopic (exact) mass is 533 g/mol. The molecule has 3 amide bonds. The number of nitrogens with zero attached hydrogens (tertiary/aromatic N) is 2. The van der Waals surface area contributed by atoms with Gasteiger partial charge in [0.25, 0.3) is 5.91 Å². The molecule has 0 saturated carbocycles. The number of halogens is 1. The number of amidine groups is 1. The third-order valence-electron chi connectivity index (χ3n) is 5.94. The number of hydrogen-bond acceptors (Lipinski definition) is 6. The van der Waals surface area contributed by atoms with Gasteiger partial charge in [-0.15, -0.1) is 0 Å². The van der Waals surface area contributed by atoms with Crippen LogP contribution in [0.15, 0.2) is 83.9 Å². The zero-order valence-corrected chi connectivity index (χ0v) is 21.6. The molecule has 1 unspecified atom stereocenters. The normalized spacial score (nSPS) is 14.3. The molecule has 3 aromatic carbocycles. The number of rotatable bonds is 10. The van der Waals surface area contributed by atoms with Crippen molar-refractivity contribution in [1.29, 1.82) is 0 Å². The predicted octanol–water partition coefficient (Wildman–Crippen LogP) is 4.29. The van der Waals surface area contributed by atoms with Crippen LogP contribution in [-0.2, 0) is 20.9 Å². The molecule has 10 heteroatoms. The van der Waals surface area contributed by atoms with Gasteiger partial charge in [0.15, 0.2) is 0 Å². The summed E-state index contributed by atoms with van der Waals surface area (Å²) in [5.74, 6) is 0.180. The highest BCUT2D eigenvalue weighted by molar-refractivity contribution is 6.30. The van der Waals surface area contributed by atoms with E-state index in [1.807, 2.05) is 49.5 Å². The predicted molar refractivity (Wildman–Crippen MR) is 147 cm³/mol. The quantitative estimate of drug-likeness (QED) is 0.266. The lowest BCUT2D eigenvalue weighted by Crippen LogP contribution is -2.59. The molecule has 1 aliphatic rings. The van der Waals surface area contributed by atoms with E-state index in [9.17, 15) is 14.4 Å². The fourth-order valence-corrected chi connectivity index (χ4v) is 4.04. The van der Waals surface area contributed by atoms with Crippen LogP contribution in [0.4, 0.5) is 16.2 Å². The Morgan fingerprint density at radius 2 is 1.66 bits per heavy atom. The number of aliphatic imine (C=N–C) groups is 1. The van der Waals surface area contributed by atoms with Gasteiger partial charge in [0, 0.05) is 35.6 Å². The zero-order valence-electron chi connectivity index (χ0n) is 20.8. The summed E-state index contributed by atoms with van der Waals surface area (Å²) in [6, 6.07) is 22.0. The SMILES string of the molecule is CN1CCN=C1c1ccc(NC(=O)C(CC=O)(NC(=O)Nc2ccc(Cl)cc2)OCc2ccccc2)cc1. The summed E-state index contributed by atoms with van der Waals surface area (Å²) in [7, 11) is 1.97. The minimum Gasteiger partial charge on any atom is -0.358 e.